The molecule has 2 N–H and O–H groups in total. The first-order valence-corrected chi connectivity index (χ1v) is 3.78. The molecular formula is C7H13NO. The van der Waals surface area contributed by atoms with Gasteiger partial charge in [0.2, 0.25) is 0 Å². The van der Waals surface area contributed by atoms with Gasteiger partial charge in [-0.1, -0.05) is 0 Å². The summed E-state index contributed by atoms with van der Waals surface area (Å²) < 4.78 is 0. The number of rotatable bonds is 0. The second-order valence-corrected chi connectivity index (χ2v) is 3.25. The molecule has 0 radical (unpaired) electrons. The van der Waals surface area contributed by atoms with Crippen molar-refractivity contribution >= 4 is 0 Å². The zero-order valence-electron chi connectivity index (χ0n) is 5.51. The van der Waals surface area contributed by atoms with Gasteiger partial charge in [-0.05, 0) is 25.2 Å². The monoisotopic (exact) mass is 127 g/mol. The topological polar surface area (TPSA) is 32.3 Å². The van der Waals surface area contributed by atoms with E-state index in [4.69, 9.17) is 0 Å². The van der Waals surface area contributed by atoms with Crippen LogP contribution in [0.1, 0.15) is 19.3 Å². The summed E-state index contributed by atoms with van der Waals surface area (Å²) in [6, 6.07) is 0.735. The van der Waals surface area contributed by atoms with E-state index in [2.05, 4.69) is 5.32 Å². The zero-order valence-corrected chi connectivity index (χ0v) is 5.51. The van der Waals surface area contributed by atoms with Crippen molar-refractivity contribution in [1.29, 1.82) is 0 Å². The minimum atomic E-state index is -0.00347. The molecule has 2 bridgehead atoms. The second-order valence-electron chi connectivity index (χ2n) is 3.25. The number of hydrogen-bond acceptors (Lipinski definition) is 2. The number of aliphatic hydroxyl groups is 1. The normalized spacial score (nSPS) is 49.7. The van der Waals surface area contributed by atoms with Crippen molar-refractivity contribution in [3.63, 3.8) is 0 Å². The van der Waals surface area contributed by atoms with Gasteiger partial charge in [0.25, 0.3) is 0 Å². The Morgan fingerprint density at radius 2 is 2.22 bits per heavy atom. The highest BCUT2D eigenvalue weighted by atomic mass is 16.3. The minimum Gasteiger partial charge on any atom is -0.393 e. The Balaban J connectivity index is 2.05. The van der Waals surface area contributed by atoms with Gasteiger partial charge < -0.3 is 10.4 Å². The standard InChI is InChI=1S/C7H13NO/c9-7-2-1-6-3-5(7)4-8-6/h5-9H,1-4H2/t5-,6-,7+/m0/s1. The molecule has 0 amide bonds. The highest BCUT2D eigenvalue weighted by Crippen LogP contribution is 2.28. The van der Waals surface area contributed by atoms with E-state index in [1.807, 2.05) is 0 Å². The largest absolute Gasteiger partial charge is 0.393 e. The van der Waals surface area contributed by atoms with Crippen LogP contribution in [0.25, 0.3) is 0 Å². The van der Waals surface area contributed by atoms with E-state index in [9.17, 15) is 5.11 Å². The molecule has 0 unspecified atom stereocenters. The van der Waals surface area contributed by atoms with Gasteiger partial charge in [0.05, 0.1) is 6.10 Å². The van der Waals surface area contributed by atoms with Crippen LogP contribution in [0, 0.1) is 5.92 Å². The highest BCUT2D eigenvalue weighted by molar-refractivity contribution is 4.90. The lowest BCUT2D eigenvalue weighted by Crippen LogP contribution is -2.26. The Hall–Kier alpha value is -0.0800. The van der Waals surface area contributed by atoms with Gasteiger partial charge in [-0.25, -0.2) is 0 Å². The molecule has 1 saturated carbocycles. The molecule has 0 aromatic heterocycles. The molecule has 2 heteroatoms. The fourth-order valence-corrected chi connectivity index (χ4v) is 1.97. The molecule has 2 rings (SSSR count). The van der Waals surface area contributed by atoms with Crippen molar-refractivity contribution in [3.05, 3.63) is 0 Å². The Bertz CT molecular complexity index is 115. The maximum absolute atomic E-state index is 9.36. The third-order valence-electron chi connectivity index (χ3n) is 2.61. The lowest BCUT2D eigenvalue weighted by molar-refractivity contribution is 0.0896. The molecule has 0 aromatic carbocycles. The molecule has 3 atom stereocenters. The summed E-state index contributed by atoms with van der Waals surface area (Å²) >= 11 is 0. The zero-order chi connectivity index (χ0) is 6.27. The maximum atomic E-state index is 9.36. The summed E-state index contributed by atoms with van der Waals surface area (Å²) in [5, 5.41) is 12.7. The van der Waals surface area contributed by atoms with E-state index in [1.165, 1.54) is 12.8 Å². The van der Waals surface area contributed by atoms with Gasteiger partial charge in [-0.15, -0.1) is 0 Å². The molecule has 1 aliphatic heterocycles. The predicted molar refractivity (Wildman–Crippen MR) is 35.1 cm³/mol. The molecule has 1 aliphatic carbocycles. The van der Waals surface area contributed by atoms with Crippen LogP contribution in [-0.4, -0.2) is 23.8 Å². The molecule has 2 nitrogen and oxygen atoms in total. The summed E-state index contributed by atoms with van der Waals surface area (Å²) in [5.41, 5.74) is 0. The van der Waals surface area contributed by atoms with Crippen LogP contribution in [0.3, 0.4) is 0 Å². The summed E-state index contributed by atoms with van der Waals surface area (Å²) in [6.07, 6.45) is 3.40. The number of fused-ring (bicyclic) bond motifs is 2. The number of nitrogens with one attached hydrogen (secondary N) is 1. The molecule has 0 spiro atoms. The molecule has 1 heterocycles. The first kappa shape index (κ1) is 5.69. The third kappa shape index (κ3) is 0.864. The van der Waals surface area contributed by atoms with E-state index in [0.29, 0.717) is 5.92 Å². The van der Waals surface area contributed by atoms with Crippen LogP contribution >= 0.6 is 0 Å². The van der Waals surface area contributed by atoms with E-state index in [0.717, 1.165) is 19.0 Å². The van der Waals surface area contributed by atoms with Gasteiger partial charge in [0, 0.05) is 12.6 Å². The van der Waals surface area contributed by atoms with Gasteiger partial charge in [-0.2, -0.15) is 0 Å². The Labute approximate surface area is 55.3 Å². The number of aliphatic hydroxyl groups excluding tert-OH is 1. The van der Waals surface area contributed by atoms with Crippen molar-refractivity contribution < 1.29 is 5.11 Å². The molecule has 52 valence electrons. The smallest absolute Gasteiger partial charge is 0.0581 e. The highest BCUT2D eigenvalue weighted by Gasteiger charge is 2.33. The predicted octanol–water partition coefficient (Wildman–Crippen LogP) is 0.119. The lowest BCUT2D eigenvalue weighted by atomic mass is 9.88. The molecule has 2 fully saturated rings. The average molecular weight is 127 g/mol. The van der Waals surface area contributed by atoms with Crippen LogP contribution in [0.15, 0.2) is 0 Å². The van der Waals surface area contributed by atoms with Crippen molar-refractivity contribution in [2.24, 2.45) is 5.92 Å². The van der Waals surface area contributed by atoms with Crippen molar-refractivity contribution in [1.82, 2.24) is 5.32 Å². The summed E-state index contributed by atoms with van der Waals surface area (Å²) in [7, 11) is 0. The fraction of sp³-hybridized carbons (Fsp3) is 1.00. The molecule has 9 heavy (non-hydrogen) atoms. The fourth-order valence-electron chi connectivity index (χ4n) is 1.97. The third-order valence-corrected chi connectivity index (χ3v) is 2.61. The van der Waals surface area contributed by atoms with Crippen molar-refractivity contribution in [2.75, 3.05) is 6.54 Å². The van der Waals surface area contributed by atoms with E-state index in [-0.39, 0.29) is 6.10 Å². The molecule has 0 aromatic rings. The molecule has 1 saturated heterocycles. The average Bonchev–Trinajstić information content (AvgIpc) is 2.25. The van der Waals surface area contributed by atoms with Crippen LogP contribution in [0.5, 0.6) is 0 Å². The van der Waals surface area contributed by atoms with Crippen LogP contribution in [-0.2, 0) is 0 Å². The summed E-state index contributed by atoms with van der Waals surface area (Å²) in [6.45, 7) is 1.05. The quantitative estimate of drug-likeness (QED) is 0.484. The van der Waals surface area contributed by atoms with Gasteiger partial charge in [0.15, 0.2) is 0 Å². The van der Waals surface area contributed by atoms with Gasteiger partial charge in [0.1, 0.15) is 0 Å². The molecular weight excluding hydrogens is 114 g/mol. The first-order chi connectivity index (χ1) is 4.36. The van der Waals surface area contributed by atoms with Crippen LogP contribution in [0.2, 0.25) is 0 Å². The van der Waals surface area contributed by atoms with Gasteiger partial charge in [-0.3, -0.25) is 0 Å². The van der Waals surface area contributed by atoms with E-state index in [1.54, 1.807) is 0 Å². The Morgan fingerprint density at radius 1 is 1.33 bits per heavy atom. The van der Waals surface area contributed by atoms with Crippen LogP contribution in [0.4, 0.5) is 0 Å². The minimum absolute atomic E-state index is 0.00347. The Kier molecular flexibility index (Phi) is 1.24. The van der Waals surface area contributed by atoms with E-state index >= 15 is 0 Å². The van der Waals surface area contributed by atoms with Crippen LogP contribution < -0.4 is 5.32 Å². The lowest BCUT2D eigenvalue weighted by Gasteiger charge is -2.22. The molecule has 2 aliphatic rings. The van der Waals surface area contributed by atoms with Crippen molar-refractivity contribution in [3.8, 4) is 0 Å². The van der Waals surface area contributed by atoms with E-state index < -0.39 is 0 Å². The SMILES string of the molecule is O[C@@H]1CC[C@H]2C[C@H]1CN2. The first-order valence-electron chi connectivity index (χ1n) is 3.78. The summed E-state index contributed by atoms with van der Waals surface area (Å²) in [4.78, 5) is 0. The number of hydrogen-bond donors (Lipinski definition) is 2. The summed E-state index contributed by atoms with van der Waals surface area (Å²) in [5.74, 6) is 0.573. The van der Waals surface area contributed by atoms with Gasteiger partial charge >= 0.3 is 0 Å². The maximum Gasteiger partial charge on any atom is 0.0581 e. The Morgan fingerprint density at radius 3 is 3.00 bits per heavy atom. The van der Waals surface area contributed by atoms with Crippen molar-refractivity contribution in [2.45, 2.75) is 31.4 Å². The second kappa shape index (κ2) is 1.96.